The topological polar surface area (TPSA) is 47.9 Å². The molecule has 4 nitrogen and oxygen atoms in total. The predicted octanol–water partition coefficient (Wildman–Crippen LogP) is 0.824. The lowest BCUT2D eigenvalue weighted by Crippen LogP contribution is -2.27. The third-order valence-electron chi connectivity index (χ3n) is 1.74. The van der Waals surface area contributed by atoms with Gasteiger partial charge in [0.1, 0.15) is 0 Å². The van der Waals surface area contributed by atoms with Crippen LogP contribution in [0.4, 0.5) is 0 Å². The molecular weight excluding hydrogens is 184 g/mol. The highest BCUT2D eigenvalue weighted by Gasteiger charge is 2.09. The average Bonchev–Trinajstić information content (AvgIpc) is 2.15. The number of hydrogen-bond donors (Lipinski definition) is 1. The van der Waals surface area contributed by atoms with Crippen LogP contribution in [-0.4, -0.2) is 50.3 Å². The molecule has 4 heteroatoms. The molecule has 0 spiro atoms. The Bertz CT molecular complexity index is 129. The third-order valence-corrected chi connectivity index (χ3v) is 1.74. The van der Waals surface area contributed by atoms with Crippen LogP contribution < -0.4 is 0 Å². The zero-order valence-electron chi connectivity index (χ0n) is 9.53. The summed E-state index contributed by atoms with van der Waals surface area (Å²) in [6, 6.07) is 0. The summed E-state index contributed by atoms with van der Waals surface area (Å²) in [7, 11) is 1.65. The lowest BCUT2D eigenvalue weighted by Gasteiger charge is -2.19. The Morgan fingerprint density at radius 3 is 2.14 bits per heavy atom. The Morgan fingerprint density at radius 2 is 1.64 bits per heavy atom. The number of hydrogen-bond acceptors (Lipinski definition) is 4. The van der Waals surface area contributed by atoms with Crippen LogP contribution in [0.15, 0.2) is 0 Å². The molecule has 0 aliphatic carbocycles. The maximum Gasteiger partial charge on any atom is 0.0785 e. The SMILES string of the molecule is COCC(C)OCC(C)OC(C)CO. The van der Waals surface area contributed by atoms with Gasteiger partial charge in [-0.25, -0.2) is 0 Å². The van der Waals surface area contributed by atoms with Crippen LogP contribution in [0.5, 0.6) is 0 Å². The van der Waals surface area contributed by atoms with Gasteiger partial charge in [0.2, 0.25) is 0 Å². The minimum atomic E-state index is -0.133. The normalized spacial score (nSPS) is 17.8. The largest absolute Gasteiger partial charge is 0.394 e. The fourth-order valence-corrected chi connectivity index (χ4v) is 1.06. The van der Waals surface area contributed by atoms with Crippen molar-refractivity contribution in [2.24, 2.45) is 0 Å². The van der Waals surface area contributed by atoms with E-state index in [4.69, 9.17) is 19.3 Å². The van der Waals surface area contributed by atoms with Gasteiger partial charge in [-0.2, -0.15) is 0 Å². The molecule has 86 valence electrons. The van der Waals surface area contributed by atoms with Crippen molar-refractivity contribution in [3.05, 3.63) is 0 Å². The Labute approximate surface area is 86.2 Å². The highest BCUT2D eigenvalue weighted by Crippen LogP contribution is 2.00. The van der Waals surface area contributed by atoms with E-state index >= 15 is 0 Å². The summed E-state index contributed by atoms with van der Waals surface area (Å²) in [4.78, 5) is 0. The molecule has 0 aromatic rings. The molecule has 0 saturated heterocycles. The molecule has 3 atom stereocenters. The lowest BCUT2D eigenvalue weighted by atomic mass is 10.3. The van der Waals surface area contributed by atoms with E-state index in [0.717, 1.165) is 0 Å². The fourth-order valence-electron chi connectivity index (χ4n) is 1.06. The Kier molecular flexibility index (Phi) is 8.08. The number of methoxy groups -OCH3 is 1. The van der Waals surface area contributed by atoms with Crippen molar-refractivity contribution >= 4 is 0 Å². The summed E-state index contributed by atoms with van der Waals surface area (Å²) in [5.74, 6) is 0. The Hall–Kier alpha value is -0.160. The van der Waals surface area contributed by atoms with E-state index in [9.17, 15) is 0 Å². The number of ether oxygens (including phenoxy) is 3. The van der Waals surface area contributed by atoms with Crippen LogP contribution in [0.2, 0.25) is 0 Å². The molecule has 0 amide bonds. The zero-order valence-corrected chi connectivity index (χ0v) is 9.53. The standard InChI is InChI=1S/C10H22O4/c1-8(5-11)14-10(3)7-13-9(2)6-12-4/h8-11H,5-7H2,1-4H3. The lowest BCUT2D eigenvalue weighted by molar-refractivity contribution is -0.0814. The van der Waals surface area contributed by atoms with E-state index in [1.54, 1.807) is 7.11 Å². The minimum Gasteiger partial charge on any atom is -0.394 e. The van der Waals surface area contributed by atoms with Gasteiger partial charge in [0.25, 0.3) is 0 Å². The smallest absolute Gasteiger partial charge is 0.0785 e. The maximum atomic E-state index is 8.76. The third kappa shape index (κ3) is 7.26. The van der Waals surface area contributed by atoms with Gasteiger partial charge in [-0.1, -0.05) is 0 Å². The minimum absolute atomic E-state index is 0.00328. The van der Waals surface area contributed by atoms with Crippen LogP contribution in [0.25, 0.3) is 0 Å². The maximum absolute atomic E-state index is 8.76. The van der Waals surface area contributed by atoms with Gasteiger partial charge in [-0.3, -0.25) is 0 Å². The van der Waals surface area contributed by atoms with Crippen molar-refractivity contribution in [2.45, 2.75) is 39.1 Å². The van der Waals surface area contributed by atoms with Crippen LogP contribution in [0, 0.1) is 0 Å². The summed E-state index contributed by atoms with van der Waals surface area (Å²) in [5, 5.41) is 8.76. The van der Waals surface area contributed by atoms with E-state index in [-0.39, 0.29) is 24.9 Å². The summed E-state index contributed by atoms with van der Waals surface area (Å²) < 4.78 is 15.8. The molecule has 3 unspecified atom stereocenters. The Morgan fingerprint density at radius 1 is 1.00 bits per heavy atom. The molecule has 0 aromatic heterocycles. The molecule has 0 heterocycles. The number of aliphatic hydroxyl groups is 1. The van der Waals surface area contributed by atoms with Crippen LogP contribution in [0.3, 0.4) is 0 Å². The molecule has 0 aliphatic heterocycles. The highest BCUT2D eigenvalue weighted by atomic mass is 16.6. The molecule has 0 aromatic carbocycles. The van der Waals surface area contributed by atoms with Gasteiger partial charge in [0.15, 0.2) is 0 Å². The van der Waals surface area contributed by atoms with Crippen molar-refractivity contribution in [3.8, 4) is 0 Å². The first-order chi connectivity index (χ1) is 6.60. The Balaban J connectivity index is 3.47. The number of rotatable bonds is 8. The van der Waals surface area contributed by atoms with E-state index in [0.29, 0.717) is 13.2 Å². The van der Waals surface area contributed by atoms with Crippen molar-refractivity contribution in [1.29, 1.82) is 0 Å². The van der Waals surface area contributed by atoms with Crippen molar-refractivity contribution in [1.82, 2.24) is 0 Å². The summed E-state index contributed by atoms with van der Waals surface area (Å²) in [6.45, 7) is 6.85. The molecular formula is C10H22O4. The van der Waals surface area contributed by atoms with Gasteiger partial charge < -0.3 is 19.3 Å². The second-order valence-corrected chi connectivity index (χ2v) is 3.54. The molecule has 0 fully saturated rings. The predicted molar refractivity (Wildman–Crippen MR) is 54.4 cm³/mol. The average molecular weight is 206 g/mol. The van der Waals surface area contributed by atoms with E-state index < -0.39 is 0 Å². The van der Waals surface area contributed by atoms with Crippen molar-refractivity contribution in [3.63, 3.8) is 0 Å². The van der Waals surface area contributed by atoms with E-state index in [1.165, 1.54) is 0 Å². The van der Waals surface area contributed by atoms with Crippen LogP contribution in [0.1, 0.15) is 20.8 Å². The van der Waals surface area contributed by atoms with E-state index in [2.05, 4.69) is 0 Å². The molecule has 0 radical (unpaired) electrons. The molecule has 0 aliphatic rings. The fraction of sp³-hybridized carbons (Fsp3) is 1.00. The van der Waals surface area contributed by atoms with Gasteiger partial charge in [-0.15, -0.1) is 0 Å². The van der Waals surface area contributed by atoms with Crippen molar-refractivity contribution in [2.75, 3.05) is 26.9 Å². The van der Waals surface area contributed by atoms with Crippen LogP contribution >= 0.6 is 0 Å². The highest BCUT2D eigenvalue weighted by molar-refractivity contribution is 4.55. The quantitative estimate of drug-likeness (QED) is 0.639. The summed E-state index contributed by atoms with van der Waals surface area (Å²) in [5.41, 5.74) is 0. The molecule has 0 saturated carbocycles. The molecule has 0 bridgehead atoms. The van der Waals surface area contributed by atoms with Gasteiger partial charge in [0.05, 0.1) is 38.1 Å². The molecule has 14 heavy (non-hydrogen) atoms. The second kappa shape index (κ2) is 8.17. The van der Waals surface area contributed by atoms with Gasteiger partial charge >= 0.3 is 0 Å². The summed E-state index contributed by atoms with van der Waals surface area (Å²) >= 11 is 0. The second-order valence-electron chi connectivity index (χ2n) is 3.54. The zero-order chi connectivity index (χ0) is 11.0. The van der Waals surface area contributed by atoms with Gasteiger partial charge in [-0.05, 0) is 20.8 Å². The molecule has 0 rings (SSSR count). The number of aliphatic hydroxyl groups excluding tert-OH is 1. The first-order valence-electron chi connectivity index (χ1n) is 4.97. The van der Waals surface area contributed by atoms with Gasteiger partial charge in [0, 0.05) is 7.11 Å². The van der Waals surface area contributed by atoms with Crippen LogP contribution in [-0.2, 0) is 14.2 Å². The monoisotopic (exact) mass is 206 g/mol. The first-order valence-corrected chi connectivity index (χ1v) is 4.97. The summed E-state index contributed by atoms with van der Waals surface area (Å²) in [6.07, 6.45) is -0.0572. The van der Waals surface area contributed by atoms with Crippen molar-refractivity contribution < 1.29 is 19.3 Å². The molecule has 1 N–H and O–H groups in total. The van der Waals surface area contributed by atoms with E-state index in [1.807, 2.05) is 20.8 Å². The first kappa shape index (κ1) is 13.8.